The third-order valence-corrected chi connectivity index (χ3v) is 6.72. The second-order valence-electron chi connectivity index (χ2n) is 9.19. The SMILES string of the molecule is C=C/C=C(/Cl)C(=C)OCC.CCl.CN1CCN(C(=O)CCCCC(c2ccc(F)cc2)c2ccc(F)cc2)CC1. The van der Waals surface area contributed by atoms with Crippen LogP contribution >= 0.6 is 23.2 Å². The number of carbonyl (C=O) groups excluding carboxylic acids is 1. The number of nitrogens with zero attached hydrogens (tertiary/aromatic N) is 2. The van der Waals surface area contributed by atoms with Gasteiger partial charge in [0.05, 0.1) is 11.6 Å². The van der Waals surface area contributed by atoms with Crippen LogP contribution in [0.15, 0.2) is 84.6 Å². The van der Waals surface area contributed by atoms with Crippen LogP contribution in [-0.4, -0.2) is 61.9 Å². The molecule has 0 N–H and O–H groups in total. The number of ether oxygens (including phenoxy) is 1. The minimum Gasteiger partial charge on any atom is -0.493 e. The third kappa shape index (κ3) is 13.1. The van der Waals surface area contributed by atoms with Gasteiger partial charge in [-0.15, -0.1) is 11.6 Å². The Hall–Kier alpha value is -2.67. The van der Waals surface area contributed by atoms with Crippen molar-refractivity contribution < 1.29 is 18.3 Å². The first-order valence-electron chi connectivity index (χ1n) is 13.4. The van der Waals surface area contributed by atoms with E-state index in [1.165, 1.54) is 30.6 Å². The van der Waals surface area contributed by atoms with Crippen molar-refractivity contribution in [1.82, 2.24) is 9.80 Å². The van der Waals surface area contributed by atoms with Crippen LogP contribution in [0.1, 0.15) is 49.7 Å². The summed E-state index contributed by atoms with van der Waals surface area (Å²) >= 11 is 10.3. The number of alkyl halides is 1. The summed E-state index contributed by atoms with van der Waals surface area (Å²) in [7, 11) is 2.08. The fraction of sp³-hybridized carbons (Fsp3) is 0.406. The number of piperazine rings is 1. The molecule has 0 aliphatic carbocycles. The summed E-state index contributed by atoms with van der Waals surface area (Å²) in [5.41, 5.74) is 2.02. The number of hydrogen-bond donors (Lipinski definition) is 0. The van der Waals surface area contributed by atoms with Gasteiger partial charge in [-0.25, -0.2) is 8.78 Å². The lowest BCUT2D eigenvalue weighted by Gasteiger charge is -2.32. The van der Waals surface area contributed by atoms with Gasteiger partial charge in [0.1, 0.15) is 17.4 Å². The highest BCUT2D eigenvalue weighted by molar-refractivity contribution is 6.31. The monoisotopic (exact) mass is 594 g/mol. The van der Waals surface area contributed by atoms with Crippen molar-refractivity contribution in [3.05, 3.63) is 107 Å². The maximum Gasteiger partial charge on any atom is 0.222 e. The fourth-order valence-corrected chi connectivity index (χ4v) is 4.34. The Bertz CT molecular complexity index is 1010. The van der Waals surface area contributed by atoms with Gasteiger partial charge in [-0.1, -0.05) is 61.5 Å². The zero-order valence-corrected chi connectivity index (χ0v) is 25.4. The van der Waals surface area contributed by atoms with E-state index in [0.29, 0.717) is 23.8 Å². The van der Waals surface area contributed by atoms with Gasteiger partial charge in [0, 0.05) is 44.9 Å². The van der Waals surface area contributed by atoms with E-state index in [4.69, 9.17) is 16.3 Å². The van der Waals surface area contributed by atoms with Gasteiger partial charge >= 0.3 is 0 Å². The average Bonchev–Trinajstić information content (AvgIpc) is 2.96. The molecule has 1 aliphatic heterocycles. The molecule has 0 radical (unpaired) electrons. The maximum atomic E-state index is 13.3. The van der Waals surface area contributed by atoms with Crippen LogP contribution in [-0.2, 0) is 9.53 Å². The van der Waals surface area contributed by atoms with Crippen molar-refractivity contribution in [2.24, 2.45) is 0 Å². The first-order valence-corrected chi connectivity index (χ1v) is 14.5. The number of hydrogen-bond acceptors (Lipinski definition) is 3. The van der Waals surface area contributed by atoms with E-state index in [1.54, 1.807) is 36.4 Å². The first kappa shape index (κ1) is 35.4. The molecule has 0 bridgehead atoms. The molecule has 4 nitrogen and oxygen atoms in total. The Morgan fingerprint density at radius 3 is 1.93 bits per heavy atom. The quantitative estimate of drug-likeness (QED) is 0.114. The Kier molecular flexibility index (Phi) is 17.9. The summed E-state index contributed by atoms with van der Waals surface area (Å²) in [5, 5.41) is 0.497. The van der Waals surface area contributed by atoms with E-state index in [1.807, 2.05) is 11.8 Å². The number of halogens is 4. The molecule has 0 saturated carbocycles. The molecule has 0 atom stereocenters. The summed E-state index contributed by atoms with van der Waals surface area (Å²) in [5.74, 6) is 0.260. The Labute approximate surface area is 248 Å². The predicted molar refractivity (Wildman–Crippen MR) is 164 cm³/mol. The molecular weight excluding hydrogens is 553 g/mol. The van der Waals surface area contributed by atoms with Gasteiger partial charge in [0.25, 0.3) is 0 Å². The highest BCUT2D eigenvalue weighted by Gasteiger charge is 2.19. The van der Waals surface area contributed by atoms with Gasteiger partial charge in [-0.3, -0.25) is 4.79 Å². The van der Waals surface area contributed by atoms with Crippen molar-refractivity contribution in [3.63, 3.8) is 0 Å². The fourth-order valence-electron chi connectivity index (χ4n) is 4.19. The van der Waals surface area contributed by atoms with E-state index >= 15 is 0 Å². The van der Waals surface area contributed by atoms with Gasteiger partial charge in [0.15, 0.2) is 0 Å². The molecule has 1 heterocycles. The summed E-state index contributed by atoms with van der Waals surface area (Å²) in [6, 6.07) is 13.0. The molecule has 0 aromatic heterocycles. The largest absolute Gasteiger partial charge is 0.493 e. The van der Waals surface area contributed by atoms with Gasteiger partial charge in [-0.05, 0) is 68.3 Å². The van der Waals surface area contributed by atoms with Gasteiger partial charge < -0.3 is 14.5 Å². The molecule has 2 aromatic rings. The zero-order chi connectivity index (χ0) is 29.9. The highest BCUT2D eigenvalue weighted by atomic mass is 35.5. The zero-order valence-electron chi connectivity index (χ0n) is 23.9. The molecule has 1 aliphatic rings. The van der Waals surface area contributed by atoms with Crippen LogP contribution in [0.25, 0.3) is 0 Å². The van der Waals surface area contributed by atoms with Gasteiger partial charge in [0.2, 0.25) is 5.91 Å². The Morgan fingerprint density at radius 2 is 1.48 bits per heavy atom. The molecule has 220 valence electrons. The number of likely N-dealkylation sites (N-methyl/N-ethyl adjacent to an activating group) is 1. The maximum absolute atomic E-state index is 13.3. The summed E-state index contributed by atoms with van der Waals surface area (Å²) in [4.78, 5) is 16.6. The minimum atomic E-state index is -0.264. The highest BCUT2D eigenvalue weighted by Crippen LogP contribution is 2.30. The van der Waals surface area contributed by atoms with E-state index in [-0.39, 0.29) is 23.5 Å². The molecule has 1 fully saturated rings. The predicted octanol–water partition coefficient (Wildman–Crippen LogP) is 8.13. The minimum absolute atomic E-state index is 0.0694. The lowest BCUT2D eigenvalue weighted by Crippen LogP contribution is -2.47. The number of unbranched alkanes of at least 4 members (excludes halogenated alkanes) is 1. The molecule has 0 spiro atoms. The summed E-state index contributed by atoms with van der Waals surface area (Å²) < 4.78 is 31.6. The molecule has 1 saturated heterocycles. The average molecular weight is 596 g/mol. The van der Waals surface area contributed by atoms with Gasteiger partial charge in [-0.2, -0.15) is 0 Å². The van der Waals surface area contributed by atoms with E-state index in [9.17, 15) is 13.6 Å². The van der Waals surface area contributed by atoms with Crippen LogP contribution < -0.4 is 0 Å². The normalized spacial score (nSPS) is 13.5. The molecule has 1 amide bonds. The molecule has 0 unspecified atom stereocenters. The van der Waals surface area contributed by atoms with Crippen LogP contribution in [0.2, 0.25) is 0 Å². The second-order valence-corrected chi connectivity index (χ2v) is 9.60. The molecule has 3 rings (SSSR count). The summed E-state index contributed by atoms with van der Waals surface area (Å²) in [6.07, 6.45) is 7.81. The van der Waals surface area contributed by atoms with E-state index in [2.05, 4.69) is 36.7 Å². The standard InChI is InChI=1S/C23H28F2N2O.C8H11ClO.CH3Cl/c1-26-14-16-27(17-15-26)23(28)5-3-2-4-22(18-6-10-20(24)11-7-18)19-8-12-21(25)13-9-19;1-4-6-8(9)7(3)10-5-2;1-2/h6-13,22H,2-5,14-17H2,1H3;4,6H,1,3,5H2,2H3;1H3/b;8-6+;. The summed E-state index contributed by atoms with van der Waals surface area (Å²) in [6.45, 7) is 13.0. The first-order chi connectivity index (χ1) is 19.2. The number of rotatable bonds is 11. The topological polar surface area (TPSA) is 32.8 Å². The lowest BCUT2D eigenvalue weighted by atomic mass is 9.87. The van der Waals surface area contributed by atoms with Crippen molar-refractivity contribution in [3.8, 4) is 0 Å². The van der Waals surface area contributed by atoms with Crippen molar-refractivity contribution >= 4 is 29.1 Å². The number of amides is 1. The van der Waals surface area contributed by atoms with Crippen molar-refractivity contribution in [2.45, 2.75) is 38.5 Å². The van der Waals surface area contributed by atoms with Crippen LogP contribution in [0.5, 0.6) is 0 Å². The van der Waals surface area contributed by atoms with Crippen molar-refractivity contribution in [2.75, 3.05) is 46.2 Å². The van der Waals surface area contributed by atoms with E-state index < -0.39 is 0 Å². The molecular formula is C32H42Cl2F2N2O2. The Morgan fingerprint density at radius 1 is 0.975 bits per heavy atom. The van der Waals surface area contributed by atoms with Crippen LogP contribution in [0.3, 0.4) is 0 Å². The third-order valence-electron chi connectivity index (χ3n) is 6.38. The van der Waals surface area contributed by atoms with Crippen LogP contribution in [0.4, 0.5) is 8.78 Å². The lowest BCUT2D eigenvalue weighted by molar-refractivity contribution is -0.132. The number of carbonyl (C=O) groups is 1. The smallest absolute Gasteiger partial charge is 0.222 e. The van der Waals surface area contributed by atoms with Crippen LogP contribution in [0, 0.1) is 11.6 Å². The molecule has 8 heteroatoms. The Balaban J connectivity index is 0.000000565. The van der Waals surface area contributed by atoms with Crippen molar-refractivity contribution in [1.29, 1.82) is 0 Å². The molecule has 2 aromatic carbocycles. The molecule has 40 heavy (non-hydrogen) atoms. The van der Waals surface area contributed by atoms with E-state index in [0.717, 1.165) is 56.6 Å². The number of allylic oxidation sites excluding steroid dienone is 3. The number of benzene rings is 2. The second kappa shape index (κ2) is 20.2.